The average molecular weight is 282 g/mol. The smallest absolute Gasteiger partial charge is 0.294 e. The molecule has 0 heterocycles. The lowest BCUT2D eigenvalue weighted by atomic mass is 10.1. The second-order valence-corrected chi connectivity index (χ2v) is 4.26. The number of nitrogens with one attached hydrogen (secondary N) is 2. The molecular formula is C12H18N4O4. The maximum absolute atomic E-state index is 12.1. The minimum absolute atomic E-state index is 0.00561. The number of nitro groups is 1. The maximum atomic E-state index is 12.1. The van der Waals surface area contributed by atoms with Gasteiger partial charge in [0.2, 0.25) is 0 Å². The summed E-state index contributed by atoms with van der Waals surface area (Å²) in [6.45, 7) is 2.34. The number of anilines is 1. The van der Waals surface area contributed by atoms with Crippen LogP contribution in [-0.2, 0) is 4.74 Å². The van der Waals surface area contributed by atoms with Gasteiger partial charge in [0.1, 0.15) is 5.69 Å². The Morgan fingerprint density at radius 3 is 2.80 bits per heavy atom. The number of nitrogen functional groups attached to an aromatic ring is 1. The summed E-state index contributed by atoms with van der Waals surface area (Å²) in [6.07, 6.45) is 0.641. The van der Waals surface area contributed by atoms with Crippen LogP contribution in [0.4, 0.5) is 11.4 Å². The van der Waals surface area contributed by atoms with Gasteiger partial charge >= 0.3 is 0 Å². The molecule has 1 amide bonds. The zero-order chi connectivity index (χ0) is 15.1. The Bertz CT molecular complexity index is 492. The topological polar surface area (TPSA) is 120 Å². The van der Waals surface area contributed by atoms with Crippen LogP contribution >= 0.6 is 0 Å². The molecule has 0 radical (unpaired) electrons. The van der Waals surface area contributed by atoms with Gasteiger partial charge in [0, 0.05) is 25.8 Å². The summed E-state index contributed by atoms with van der Waals surface area (Å²) in [5.74, 6) is 4.86. The molecule has 0 saturated carbocycles. The number of nitrogens with zero attached hydrogens (tertiary/aromatic N) is 1. The molecule has 0 bridgehead atoms. The molecule has 0 aliphatic rings. The SMILES string of the molecule is COCCC(C)NC(=O)c1cccc([N+](=O)[O-])c1NN. The third-order valence-electron chi connectivity index (χ3n) is 2.76. The summed E-state index contributed by atoms with van der Waals surface area (Å²) in [5.41, 5.74) is 2.09. The van der Waals surface area contributed by atoms with Gasteiger partial charge in [-0.25, -0.2) is 0 Å². The molecule has 20 heavy (non-hydrogen) atoms. The Morgan fingerprint density at radius 1 is 1.55 bits per heavy atom. The van der Waals surface area contributed by atoms with Gasteiger partial charge in [-0.1, -0.05) is 6.07 Å². The van der Waals surface area contributed by atoms with E-state index < -0.39 is 10.8 Å². The number of nitro benzene ring substituents is 1. The van der Waals surface area contributed by atoms with Crippen molar-refractivity contribution < 1.29 is 14.5 Å². The first-order valence-electron chi connectivity index (χ1n) is 6.05. The van der Waals surface area contributed by atoms with Crippen LogP contribution in [0.5, 0.6) is 0 Å². The van der Waals surface area contributed by atoms with Gasteiger partial charge < -0.3 is 15.5 Å². The first-order valence-corrected chi connectivity index (χ1v) is 6.05. The highest BCUT2D eigenvalue weighted by atomic mass is 16.6. The molecule has 1 atom stereocenters. The van der Waals surface area contributed by atoms with Crippen LogP contribution in [-0.4, -0.2) is 30.6 Å². The Morgan fingerprint density at radius 2 is 2.25 bits per heavy atom. The van der Waals surface area contributed by atoms with Gasteiger partial charge in [-0.3, -0.25) is 20.8 Å². The van der Waals surface area contributed by atoms with Crippen LogP contribution in [0, 0.1) is 10.1 Å². The lowest BCUT2D eigenvalue weighted by Gasteiger charge is -2.15. The predicted molar refractivity (Wildman–Crippen MR) is 74.3 cm³/mol. The van der Waals surface area contributed by atoms with E-state index in [1.165, 1.54) is 18.2 Å². The molecule has 0 aliphatic carbocycles. The van der Waals surface area contributed by atoms with Crippen LogP contribution in [0.15, 0.2) is 18.2 Å². The molecular weight excluding hydrogens is 264 g/mol. The molecule has 0 aromatic heterocycles. The second-order valence-electron chi connectivity index (χ2n) is 4.26. The molecule has 0 saturated heterocycles. The van der Waals surface area contributed by atoms with Crippen molar-refractivity contribution in [3.63, 3.8) is 0 Å². The van der Waals surface area contributed by atoms with Crippen molar-refractivity contribution in [2.24, 2.45) is 5.84 Å². The summed E-state index contributed by atoms with van der Waals surface area (Å²) in [5, 5.41) is 13.6. The van der Waals surface area contributed by atoms with Crippen molar-refractivity contribution in [3.8, 4) is 0 Å². The van der Waals surface area contributed by atoms with Crippen LogP contribution in [0.1, 0.15) is 23.7 Å². The molecule has 0 spiro atoms. The molecule has 4 N–H and O–H groups in total. The van der Waals surface area contributed by atoms with E-state index in [0.29, 0.717) is 13.0 Å². The lowest BCUT2D eigenvalue weighted by Crippen LogP contribution is -2.34. The van der Waals surface area contributed by atoms with Crippen molar-refractivity contribution in [1.82, 2.24) is 5.32 Å². The van der Waals surface area contributed by atoms with E-state index in [1.807, 2.05) is 6.92 Å². The Hall–Kier alpha value is -2.19. The molecule has 1 aromatic carbocycles. The number of carbonyl (C=O) groups is 1. The molecule has 1 unspecified atom stereocenters. The standard InChI is InChI=1S/C12H18N4O4/c1-8(6-7-20-2)14-12(17)9-4-3-5-10(16(18)19)11(9)15-13/h3-5,8,15H,6-7,13H2,1-2H3,(H,14,17). The zero-order valence-electron chi connectivity index (χ0n) is 11.4. The highest BCUT2D eigenvalue weighted by Crippen LogP contribution is 2.27. The third kappa shape index (κ3) is 3.90. The van der Waals surface area contributed by atoms with Crippen LogP contribution < -0.4 is 16.6 Å². The number of rotatable bonds is 7. The number of hydrogen-bond donors (Lipinski definition) is 3. The number of hydrogen-bond acceptors (Lipinski definition) is 6. The zero-order valence-corrected chi connectivity index (χ0v) is 11.4. The van der Waals surface area contributed by atoms with Crippen molar-refractivity contribution in [1.29, 1.82) is 0 Å². The number of hydrazine groups is 1. The van der Waals surface area contributed by atoms with Gasteiger partial charge in [-0.15, -0.1) is 0 Å². The maximum Gasteiger partial charge on any atom is 0.294 e. The number of carbonyl (C=O) groups excluding carboxylic acids is 1. The number of para-hydroxylation sites is 1. The van der Waals surface area contributed by atoms with E-state index in [2.05, 4.69) is 10.7 Å². The monoisotopic (exact) mass is 282 g/mol. The predicted octanol–water partition coefficient (Wildman–Crippen LogP) is 1.04. The fourth-order valence-electron chi connectivity index (χ4n) is 1.70. The van der Waals surface area contributed by atoms with E-state index >= 15 is 0 Å². The minimum atomic E-state index is -0.597. The minimum Gasteiger partial charge on any atom is -0.385 e. The lowest BCUT2D eigenvalue weighted by molar-refractivity contribution is -0.384. The number of benzene rings is 1. The Balaban J connectivity index is 2.93. The summed E-state index contributed by atoms with van der Waals surface area (Å²) >= 11 is 0. The number of amides is 1. The molecule has 0 aliphatic heterocycles. The van der Waals surface area contributed by atoms with Crippen molar-refractivity contribution in [2.45, 2.75) is 19.4 Å². The average Bonchev–Trinajstić information content (AvgIpc) is 2.43. The van der Waals surface area contributed by atoms with E-state index in [1.54, 1.807) is 7.11 Å². The summed E-state index contributed by atoms with van der Waals surface area (Å²) in [4.78, 5) is 22.4. The fraction of sp³-hybridized carbons (Fsp3) is 0.417. The van der Waals surface area contributed by atoms with Crippen LogP contribution in [0.25, 0.3) is 0 Å². The summed E-state index contributed by atoms with van der Waals surface area (Å²) in [7, 11) is 1.57. The number of ether oxygens (including phenoxy) is 1. The van der Waals surface area contributed by atoms with Crippen LogP contribution in [0.2, 0.25) is 0 Å². The van der Waals surface area contributed by atoms with E-state index in [0.717, 1.165) is 0 Å². The van der Waals surface area contributed by atoms with Gasteiger partial charge in [0.15, 0.2) is 0 Å². The van der Waals surface area contributed by atoms with E-state index in [9.17, 15) is 14.9 Å². The second kappa shape index (κ2) is 7.41. The highest BCUT2D eigenvalue weighted by Gasteiger charge is 2.21. The first-order chi connectivity index (χ1) is 9.51. The van der Waals surface area contributed by atoms with Gasteiger partial charge in [0.25, 0.3) is 11.6 Å². The Labute approximate surface area is 116 Å². The van der Waals surface area contributed by atoms with Crippen molar-refractivity contribution in [2.75, 3.05) is 19.1 Å². The summed E-state index contributed by atoms with van der Waals surface area (Å²) in [6, 6.07) is 4.07. The fourth-order valence-corrected chi connectivity index (χ4v) is 1.70. The van der Waals surface area contributed by atoms with Crippen molar-refractivity contribution in [3.05, 3.63) is 33.9 Å². The molecule has 1 rings (SSSR count). The molecule has 0 fully saturated rings. The largest absolute Gasteiger partial charge is 0.385 e. The van der Waals surface area contributed by atoms with E-state index in [4.69, 9.17) is 10.6 Å². The highest BCUT2D eigenvalue weighted by molar-refractivity contribution is 6.01. The van der Waals surface area contributed by atoms with Crippen molar-refractivity contribution >= 4 is 17.3 Å². The van der Waals surface area contributed by atoms with E-state index in [-0.39, 0.29) is 23.0 Å². The number of methoxy groups -OCH3 is 1. The molecule has 8 heteroatoms. The van der Waals surface area contributed by atoms with Crippen LogP contribution in [0.3, 0.4) is 0 Å². The molecule has 1 aromatic rings. The van der Waals surface area contributed by atoms with Gasteiger partial charge in [-0.2, -0.15) is 0 Å². The third-order valence-corrected chi connectivity index (χ3v) is 2.76. The quantitative estimate of drug-likeness (QED) is 0.390. The summed E-state index contributed by atoms with van der Waals surface area (Å²) < 4.78 is 4.92. The Kier molecular flexibility index (Phi) is 5.88. The first kappa shape index (κ1) is 15.9. The molecule has 110 valence electrons. The number of nitrogens with two attached hydrogens (primary N) is 1. The van der Waals surface area contributed by atoms with Gasteiger partial charge in [-0.05, 0) is 19.4 Å². The molecule has 8 nitrogen and oxygen atoms in total. The van der Waals surface area contributed by atoms with Gasteiger partial charge in [0.05, 0.1) is 10.5 Å². The normalized spacial score (nSPS) is 11.8.